The lowest BCUT2D eigenvalue weighted by molar-refractivity contribution is 0.0923. The summed E-state index contributed by atoms with van der Waals surface area (Å²) >= 11 is 0. The number of carbonyl (C=O) groups excluding carboxylic acids is 1. The highest BCUT2D eigenvalue weighted by molar-refractivity contribution is 7.89. The first-order chi connectivity index (χ1) is 13.4. The molecular weight excluding hydrogens is 376 g/mol. The predicted molar refractivity (Wildman–Crippen MR) is 106 cm³/mol. The van der Waals surface area contributed by atoms with Crippen LogP contribution in [0.15, 0.2) is 53.4 Å². The molecule has 0 bridgehead atoms. The molecule has 0 aromatic heterocycles. The molecule has 1 fully saturated rings. The normalized spacial score (nSPS) is 20.4. The van der Waals surface area contributed by atoms with Crippen molar-refractivity contribution in [2.75, 3.05) is 13.1 Å². The summed E-state index contributed by atoms with van der Waals surface area (Å²) in [6.07, 6.45) is 2.15. The molecule has 2 aromatic rings. The van der Waals surface area contributed by atoms with Gasteiger partial charge in [-0.15, -0.1) is 0 Å². The van der Waals surface area contributed by atoms with Crippen molar-refractivity contribution in [3.8, 4) is 5.75 Å². The molecule has 2 aliphatic rings. The summed E-state index contributed by atoms with van der Waals surface area (Å²) in [4.78, 5) is 12.9. The summed E-state index contributed by atoms with van der Waals surface area (Å²) < 4.78 is 32.6. The van der Waals surface area contributed by atoms with E-state index < -0.39 is 10.0 Å². The molecular formula is C21H24N2O4S. The van der Waals surface area contributed by atoms with Crippen LogP contribution in [0.2, 0.25) is 0 Å². The molecule has 0 spiro atoms. The first-order valence-corrected chi connectivity index (χ1v) is 11.0. The number of rotatable bonds is 4. The van der Waals surface area contributed by atoms with Gasteiger partial charge >= 0.3 is 0 Å². The Labute approximate surface area is 165 Å². The summed E-state index contributed by atoms with van der Waals surface area (Å²) in [5, 5.41) is 3.05. The Morgan fingerprint density at radius 3 is 2.54 bits per heavy atom. The minimum Gasteiger partial charge on any atom is -0.490 e. The lowest BCUT2D eigenvalue weighted by atomic mass is 10.0. The Morgan fingerprint density at radius 1 is 1.11 bits per heavy atom. The van der Waals surface area contributed by atoms with E-state index in [1.807, 2.05) is 19.1 Å². The van der Waals surface area contributed by atoms with Crippen molar-refractivity contribution in [1.82, 2.24) is 9.62 Å². The number of ether oxygens (including phenoxy) is 1. The molecule has 28 heavy (non-hydrogen) atoms. The SMILES string of the molecule is CC1Cc2cc(C(=O)NC3CCN(S(=O)(=O)c4ccccc4)CC3)ccc2O1. The third-order valence-electron chi connectivity index (χ3n) is 5.33. The molecule has 1 saturated heterocycles. The highest BCUT2D eigenvalue weighted by Gasteiger charge is 2.30. The first-order valence-electron chi connectivity index (χ1n) is 9.59. The molecule has 1 atom stereocenters. The van der Waals surface area contributed by atoms with Crippen molar-refractivity contribution >= 4 is 15.9 Å². The van der Waals surface area contributed by atoms with E-state index in [1.165, 1.54) is 4.31 Å². The highest BCUT2D eigenvalue weighted by atomic mass is 32.2. The zero-order valence-corrected chi connectivity index (χ0v) is 16.6. The van der Waals surface area contributed by atoms with Crippen LogP contribution in [0, 0.1) is 0 Å². The average Bonchev–Trinajstić information content (AvgIpc) is 3.08. The molecule has 2 aliphatic heterocycles. The lowest BCUT2D eigenvalue weighted by Gasteiger charge is -2.31. The summed E-state index contributed by atoms with van der Waals surface area (Å²) in [5.74, 6) is 0.732. The van der Waals surface area contributed by atoms with Gasteiger partial charge in [0.15, 0.2) is 0 Å². The fraction of sp³-hybridized carbons (Fsp3) is 0.381. The van der Waals surface area contributed by atoms with Crippen LogP contribution in [0.1, 0.15) is 35.7 Å². The molecule has 1 N–H and O–H groups in total. The Kier molecular flexibility index (Phi) is 5.12. The van der Waals surface area contributed by atoms with Crippen LogP contribution in [-0.2, 0) is 16.4 Å². The molecule has 0 radical (unpaired) electrons. The van der Waals surface area contributed by atoms with Gasteiger partial charge in [-0.1, -0.05) is 18.2 Å². The van der Waals surface area contributed by atoms with E-state index in [1.54, 1.807) is 36.4 Å². The van der Waals surface area contributed by atoms with Crippen molar-refractivity contribution in [3.63, 3.8) is 0 Å². The van der Waals surface area contributed by atoms with Gasteiger partial charge in [0, 0.05) is 31.1 Å². The third kappa shape index (κ3) is 3.77. The topological polar surface area (TPSA) is 75.7 Å². The average molecular weight is 401 g/mol. The minimum absolute atomic E-state index is 0.0295. The number of sulfonamides is 1. The van der Waals surface area contributed by atoms with E-state index in [4.69, 9.17) is 4.74 Å². The number of nitrogens with zero attached hydrogens (tertiary/aromatic N) is 1. The van der Waals surface area contributed by atoms with Gasteiger partial charge in [-0.3, -0.25) is 4.79 Å². The second-order valence-electron chi connectivity index (χ2n) is 7.42. The number of nitrogens with one attached hydrogen (secondary N) is 1. The van der Waals surface area contributed by atoms with E-state index in [2.05, 4.69) is 5.32 Å². The molecule has 2 heterocycles. The van der Waals surface area contributed by atoms with Crippen molar-refractivity contribution in [1.29, 1.82) is 0 Å². The van der Waals surface area contributed by atoms with E-state index in [-0.39, 0.29) is 18.1 Å². The fourth-order valence-electron chi connectivity index (χ4n) is 3.81. The van der Waals surface area contributed by atoms with Crippen LogP contribution in [0.3, 0.4) is 0 Å². The van der Waals surface area contributed by atoms with E-state index >= 15 is 0 Å². The third-order valence-corrected chi connectivity index (χ3v) is 7.24. The standard InChI is InChI=1S/C21H24N2O4S/c1-15-13-17-14-16(7-8-20(17)27-15)21(24)22-18-9-11-23(12-10-18)28(25,26)19-5-3-2-4-6-19/h2-8,14-15,18H,9-13H2,1H3,(H,22,24). The van der Waals surface area contributed by atoms with Gasteiger partial charge in [-0.25, -0.2) is 8.42 Å². The van der Waals surface area contributed by atoms with Crippen LogP contribution in [-0.4, -0.2) is 43.9 Å². The van der Waals surface area contributed by atoms with Crippen LogP contribution in [0.25, 0.3) is 0 Å². The predicted octanol–water partition coefficient (Wildman–Crippen LogP) is 2.59. The minimum atomic E-state index is -3.47. The van der Waals surface area contributed by atoms with Crippen LogP contribution in [0.5, 0.6) is 5.75 Å². The van der Waals surface area contributed by atoms with Crippen molar-refractivity contribution in [3.05, 3.63) is 59.7 Å². The smallest absolute Gasteiger partial charge is 0.251 e. The van der Waals surface area contributed by atoms with E-state index in [9.17, 15) is 13.2 Å². The van der Waals surface area contributed by atoms with Crippen LogP contribution in [0.4, 0.5) is 0 Å². The summed E-state index contributed by atoms with van der Waals surface area (Å²) in [6.45, 7) is 2.81. The van der Waals surface area contributed by atoms with Gasteiger partial charge in [0.25, 0.3) is 5.91 Å². The number of fused-ring (bicyclic) bond motifs is 1. The maximum Gasteiger partial charge on any atom is 0.251 e. The Hall–Kier alpha value is -2.38. The molecule has 0 aliphatic carbocycles. The molecule has 0 saturated carbocycles. The number of piperidine rings is 1. The first kappa shape index (κ1) is 19.0. The number of benzene rings is 2. The molecule has 7 heteroatoms. The fourth-order valence-corrected chi connectivity index (χ4v) is 5.30. The Morgan fingerprint density at radius 2 is 1.82 bits per heavy atom. The highest BCUT2D eigenvalue weighted by Crippen LogP contribution is 2.29. The maximum atomic E-state index is 12.7. The largest absolute Gasteiger partial charge is 0.490 e. The van der Waals surface area contributed by atoms with Crippen LogP contribution >= 0.6 is 0 Å². The maximum absolute atomic E-state index is 12.7. The lowest BCUT2D eigenvalue weighted by Crippen LogP contribution is -2.46. The summed E-state index contributed by atoms with van der Waals surface area (Å²) in [6, 6.07) is 14.0. The zero-order chi connectivity index (χ0) is 19.7. The molecule has 2 aromatic carbocycles. The number of carbonyl (C=O) groups is 1. The summed E-state index contributed by atoms with van der Waals surface area (Å²) in [7, 11) is -3.47. The molecule has 1 unspecified atom stereocenters. The number of amides is 1. The second-order valence-corrected chi connectivity index (χ2v) is 9.36. The van der Waals surface area contributed by atoms with Gasteiger partial charge in [-0.2, -0.15) is 4.31 Å². The number of hydrogen-bond donors (Lipinski definition) is 1. The van der Waals surface area contributed by atoms with Gasteiger partial charge in [0.2, 0.25) is 10.0 Å². The Bertz CT molecular complexity index is 967. The van der Waals surface area contributed by atoms with Crippen molar-refractivity contribution < 1.29 is 17.9 Å². The van der Waals surface area contributed by atoms with Gasteiger partial charge in [-0.05, 0) is 55.7 Å². The van der Waals surface area contributed by atoms with Gasteiger partial charge in [0.05, 0.1) is 4.90 Å². The van der Waals surface area contributed by atoms with Gasteiger partial charge < -0.3 is 10.1 Å². The quantitative estimate of drug-likeness (QED) is 0.856. The Balaban J connectivity index is 1.36. The zero-order valence-electron chi connectivity index (χ0n) is 15.8. The molecule has 4 rings (SSSR count). The molecule has 6 nitrogen and oxygen atoms in total. The second kappa shape index (κ2) is 7.56. The number of hydrogen-bond acceptors (Lipinski definition) is 4. The van der Waals surface area contributed by atoms with Crippen molar-refractivity contribution in [2.45, 2.75) is 43.2 Å². The molecule has 1 amide bonds. The van der Waals surface area contributed by atoms with Crippen LogP contribution < -0.4 is 10.1 Å². The van der Waals surface area contributed by atoms with E-state index in [0.717, 1.165) is 17.7 Å². The van der Waals surface area contributed by atoms with Gasteiger partial charge in [0.1, 0.15) is 11.9 Å². The van der Waals surface area contributed by atoms with Crippen molar-refractivity contribution in [2.24, 2.45) is 0 Å². The van der Waals surface area contributed by atoms with E-state index in [0.29, 0.717) is 36.4 Å². The summed E-state index contributed by atoms with van der Waals surface area (Å²) in [5.41, 5.74) is 1.68. The monoisotopic (exact) mass is 400 g/mol. The molecule has 148 valence electrons.